The second-order valence-corrected chi connectivity index (χ2v) is 7.17. The third-order valence-electron chi connectivity index (χ3n) is 3.24. The standard InChI is InChI=1S/C15H22N2O6S/c1-10(2)14(15(20)16-9-8-13(18)19)17-24(21,22)12-6-4-11(23-3)5-7-12/h4-7,10,14,17H,8-9H2,1-3H3,(H,16,20)(H,18,19). The van der Waals surface area contributed by atoms with Crippen LogP contribution in [0.4, 0.5) is 0 Å². The average molecular weight is 358 g/mol. The van der Waals surface area contributed by atoms with Crippen LogP contribution in [0.25, 0.3) is 0 Å². The van der Waals surface area contributed by atoms with E-state index in [9.17, 15) is 18.0 Å². The van der Waals surface area contributed by atoms with Gasteiger partial charge in [0.25, 0.3) is 0 Å². The minimum atomic E-state index is -3.90. The minimum Gasteiger partial charge on any atom is -0.497 e. The number of aliphatic carboxylic acids is 1. The Labute approximate surface area is 141 Å². The van der Waals surface area contributed by atoms with Crippen LogP contribution in [0.3, 0.4) is 0 Å². The largest absolute Gasteiger partial charge is 0.497 e. The van der Waals surface area contributed by atoms with Gasteiger partial charge >= 0.3 is 5.97 Å². The summed E-state index contributed by atoms with van der Waals surface area (Å²) in [5, 5.41) is 11.0. The molecule has 0 aromatic heterocycles. The number of nitrogens with one attached hydrogen (secondary N) is 2. The number of methoxy groups -OCH3 is 1. The highest BCUT2D eigenvalue weighted by Crippen LogP contribution is 2.16. The van der Waals surface area contributed by atoms with Crippen molar-refractivity contribution in [3.63, 3.8) is 0 Å². The summed E-state index contributed by atoms with van der Waals surface area (Å²) in [6.07, 6.45) is -0.234. The number of benzene rings is 1. The van der Waals surface area contributed by atoms with E-state index in [-0.39, 0.29) is 23.8 Å². The maximum Gasteiger partial charge on any atom is 0.305 e. The van der Waals surface area contributed by atoms with E-state index in [1.165, 1.54) is 31.4 Å². The number of carboxylic acid groups (broad SMARTS) is 1. The van der Waals surface area contributed by atoms with Gasteiger partial charge in [-0.1, -0.05) is 13.8 Å². The molecule has 1 atom stereocenters. The summed E-state index contributed by atoms with van der Waals surface area (Å²) in [4.78, 5) is 22.6. The molecule has 134 valence electrons. The van der Waals surface area contributed by atoms with Gasteiger partial charge in [0, 0.05) is 6.54 Å². The molecule has 0 fully saturated rings. The van der Waals surface area contributed by atoms with Crippen LogP contribution in [0, 0.1) is 5.92 Å². The molecule has 0 saturated heterocycles. The van der Waals surface area contributed by atoms with Crippen molar-refractivity contribution in [2.75, 3.05) is 13.7 Å². The van der Waals surface area contributed by atoms with Crippen LogP contribution in [0.1, 0.15) is 20.3 Å². The van der Waals surface area contributed by atoms with E-state index in [2.05, 4.69) is 10.0 Å². The lowest BCUT2D eigenvalue weighted by Crippen LogP contribution is -2.49. The molecule has 1 unspecified atom stereocenters. The molecule has 0 aliphatic heterocycles. The number of hydrogen-bond acceptors (Lipinski definition) is 5. The van der Waals surface area contributed by atoms with Crippen LogP contribution >= 0.6 is 0 Å². The van der Waals surface area contributed by atoms with E-state index in [0.717, 1.165) is 0 Å². The summed E-state index contributed by atoms with van der Waals surface area (Å²) in [5.74, 6) is -1.41. The molecule has 0 saturated carbocycles. The number of rotatable bonds is 9. The van der Waals surface area contributed by atoms with Crippen molar-refractivity contribution < 1.29 is 27.9 Å². The molecule has 1 rings (SSSR count). The number of carbonyl (C=O) groups is 2. The van der Waals surface area contributed by atoms with Gasteiger partial charge in [0.2, 0.25) is 15.9 Å². The van der Waals surface area contributed by atoms with Crippen LogP contribution in [0.5, 0.6) is 5.75 Å². The van der Waals surface area contributed by atoms with Gasteiger partial charge < -0.3 is 15.2 Å². The number of carboxylic acids is 1. The summed E-state index contributed by atoms with van der Waals surface area (Å²) in [7, 11) is -2.43. The fraction of sp³-hybridized carbons (Fsp3) is 0.467. The molecule has 0 aliphatic rings. The van der Waals surface area contributed by atoms with Crippen LogP contribution in [0.2, 0.25) is 0 Å². The minimum absolute atomic E-state index is 0.00675. The molecule has 0 spiro atoms. The lowest BCUT2D eigenvalue weighted by atomic mass is 10.1. The zero-order valence-electron chi connectivity index (χ0n) is 13.8. The number of carbonyl (C=O) groups excluding carboxylic acids is 1. The Morgan fingerprint density at radius 2 is 1.79 bits per heavy atom. The first-order chi connectivity index (χ1) is 11.2. The Morgan fingerprint density at radius 3 is 2.25 bits per heavy atom. The molecule has 0 bridgehead atoms. The van der Waals surface area contributed by atoms with Gasteiger partial charge in [-0.05, 0) is 30.2 Å². The van der Waals surface area contributed by atoms with Crippen LogP contribution in [-0.4, -0.2) is 45.1 Å². The summed E-state index contributed by atoms with van der Waals surface area (Å²) in [6.45, 7) is 3.32. The van der Waals surface area contributed by atoms with Crippen molar-refractivity contribution >= 4 is 21.9 Å². The first kappa shape index (κ1) is 19.9. The second-order valence-electron chi connectivity index (χ2n) is 5.45. The lowest BCUT2D eigenvalue weighted by Gasteiger charge is -2.21. The van der Waals surface area contributed by atoms with Gasteiger partial charge in [0.15, 0.2) is 0 Å². The number of sulfonamides is 1. The molecule has 24 heavy (non-hydrogen) atoms. The number of hydrogen-bond donors (Lipinski definition) is 3. The van der Waals surface area contributed by atoms with Crippen molar-refractivity contribution in [2.24, 2.45) is 5.92 Å². The Hall–Kier alpha value is -2.13. The predicted octanol–water partition coefficient (Wildman–Crippen LogP) is 0.589. The highest BCUT2D eigenvalue weighted by Gasteiger charge is 2.28. The fourth-order valence-electron chi connectivity index (χ4n) is 1.89. The van der Waals surface area contributed by atoms with Crippen molar-refractivity contribution in [3.8, 4) is 5.75 Å². The smallest absolute Gasteiger partial charge is 0.305 e. The van der Waals surface area contributed by atoms with E-state index in [4.69, 9.17) is 9.84 Å². The zero-order valence-corrected chi connectivity index (χ0v) is 14.6. The van der Waals surface area contributed by atoms with Crippen molar-refractivity contribution in [1.82, 2.24) is 10.0 Å². The Kier molecular flexibility index (Phi) is 7.18. The molecular weight excluding hydrogens is 336 g/mol. The lowest BCUT2D eigenvalue weighted by molar-refractivity contribution is -0.137. The molecule has 0 radical (unpaired) electrons. The van der Waals surface area contributed by atoms with Gasteiger partial charge in [-0.25, -0.2) is 8.42 Å². The summed E-state index contributed by atoms with van der Waals surface area (Å²) < 4.78 is 32.1. The maximum absolute atomic E-state index is 12.4. The maximum atomic E-state index is 12.4. The topological polar surface area (TPSA) is 122 Å². The molecular formula is C15H22N2O6S. The Bertz CT molecular complexity index is 670. The van der Waals surface area contributed by atoms with Crippen LogP contribution in [-0.2, 0) is 19.6 Å². The SMILES string of the molecule is COc1ccc(S(=O)(=O)NC(C(=O)NCCC(=O)O)C(C)C)cc1. The highest BCUT2D eigenvalue weighted by atomic mass is 32.2. The van der Waals surface area contributed by atoms with E-state index in [1.807, 2.05) is 0 Å². The molecule has 1 amide bonds. The summed E-state index contributed by atoms with van der Waals surface area (Å²) in [6, 6.07) is 4.75. The van der Waals surface area contributed by atoms with Gasteiger partial charge in [-0.2, -0.15) is 4.72 Å². The third-order valence-corrected chi connectivity index (χ3v) is 4.70. The Balaban J connectivity index is 2.85. The van der Waals surface area contributed by atoms with Crippen LogP contribution < -0.4 is 14.8 Å². The summed E-state index contributed by atoms with van der Waals surface area (Å²) in [5.41, 5.74) is 0. The van der Waals surface area contributed by atoms with E-state index in [0.29, 0.717) is 5.75 Å². The monoisotopic (exact) mass is 358 g/mol. The molecule has 1 aromatic rings. The molecule has 0 aliphatic carbocycles. The normalized spacial score (nSPS) is 12.7. The third kappa shape index (κ3) is 5.82. The first-order valence-electron chi connectivity index (χ1n) is 7.33. The van der Waals surface area contributed by atoms with Gasteiger partial charge in [0.05, 0.1) is 18.4 Å². The average Bonchev–Trinajstić information content (AvgIpc) is 2.52. The van der Waals surface area contributed by atoms with E-state index < -0.39 is 27.9 Å². The zero-order chi connectivity index (χ0) is 18.3. The van der Waals surface area contributed by atoms with E-state index >= 15 is 0 Å². The summed E-state index contributed by atoms with van der Waals surface area (Å²) >= 11 is 0. The van der Waals surface area contributed by atoms with Crippen molar-refractivity contribution in [3.05, 3.63) is 24.3 Å². The molecule has 8 nitrogen and oxygen atoms in total. The molecule has 0 heterocycles. The van der Waals surface area contributed by atoms with Crippen molar-refractivity contribution in [2.45, 2.75) is 31.2 Å². The highest BCUT2D eigenvalue weighted by molar-refractivity contribution is 7.89. The van der Waals surface area contributed by atoms with Gasteiger partial charge in [0.1, 0.15) is 11.8 Å². The van der Waals surface area contributed by atoms with E-state index in [1.54, 1.807) is 13.8 Å². The fourth-order valence-corrected chi connectivity index (χ4v) is 3.23. The van der Waals surface area contributed by atoms with Crippen molar-refractivity contribution in [1.29, 1.82) is 0 Å². The molecule has 3 N–H and O–H groups in total. The quantitative estimate of drug-likeness (QED) is 0.594. The molecule has 1 aromatic carbocycles. The second kappa shape index (κ2) is 8.65. The van der Waals surface area contributed by atoms with Gasteiger partial charge in [-0.15, -0.1) is 0 Å². The number of amides is 1. The predicted molar refractivity (Wildman–Crippen MR) is 87.2 cm³/mol. The number of ether oxygens (including phenoxy) is 1. The first-order valence-corrected chi connectivity index (χ1v) is 8.81. The Morgan fingerprint density at radius 1 is 1.21 bits per heavy atom. The van der Waals surface area contributed by atoms with Gasteiger partial charge in [-0.3, -0.25) is 9.59 Å². The molecule has 9 heteroatoms. The van der Waals surface area contributed by atoms with Crippen LogP contribution in [0.15, 0.2) is 29.2 Å².